The van der Waals surface area contributed by atoms with E-state index >= 15 is 0 Å². The minimum Gasteiger partial charge on any atom is -0.330 e. The second-order valence-corrected chi connectivity index (χ2v) is 4.86. The van der Waals surface area contributed by atoms with Crippen molar-refractivity contribution in [2.45, 2.75) is 33.4 Å². The zero-order valence-electron chi connectivity index (χ0n) is 10.9. The van der Waals surface area contributed by atoms with Crippen molar-refractivity contribution in [2.24, 2.45) is 11.7 Å². The molecule has 0 fully saturated rings. The van der Waals surface area contributed by atoms with Crippen LogP contribution in [-0.2, 0) is 6.54 Å². The lowest BCUT2D eigenvalue weighted by Crippen LogP contribution is -2.37. The first-order valence-corrected chi connectivity index (χ1v) is 6.00. The van der Waals surface area contributed by atoms with Crippen LogP contribution in [0.1, 0.15) is 25.0 Å². The second-order valence-electron chi connectivity index (χ2n) is 4.86. The van der Waals surface area contributed by atoms with Gasteiger partial charge in [-0.2, -0.15) is 0 Å². The Bertz CT molecular complexity index is 322. The van der Waals surface area contributed by atoms with E-state index in [2.05, 4.69) is 57.0 Å². The molecule has 0 saturated carbocycles. The average Bonchev–Trinajstić information content (AvgIpc) is 2.27. The minimum absolute atomic E-state index is 0.519. The molecule has 2 nitrogen and oxygen atoms in total. The van der Waals surface area contributed by atoms with Crippen molar-refractivity contribution in [1.29, 1.82) is 0 Å². The minimum atomic E-state index is 0.519. The van der Waals surface area contributed by atoms with Gasteiger partial charge in [-0.25, -0.2) is 0 Å². The quantitative estimate of drug-likeness (QED) is 0.825. The van der Waals surface area contributed by atoms with Crippen molar-refractivity contribution in [3.8, 4) is 0 Å². The number of hydrogen-bond acceptors (Lipinski definition) is 2. The highest BCUT2D eigenvalue weighted by atomic mass is 15.1. The van der Waals surface area contributed by atoms with Gasteiger partial charge >= 0.3 is 0 Å². The molecule has 1 aromatic carbocycles. The van der Waals surface area contributed by atoms with E-state index in [0.29, 0.717) is 12.0 Å². The van der Waals surface area contributed by atoms with Crippen LogP contribution in [0, 0.1) is 12.8 Å². The van der Waals surface area contributed by atoms with Crippen LogP contribution in [0.5, 0.6) is 0 Å². The molecule has 0 aliphatic rings. The third-order valence-corrected chi connectivity index (χ3v) is 3.41. The maximum absolute atomic E-state index is 5.70. The summed E-state index contributed by atoms with van der Waals surface area (Å²) in [6.07, 6.45) is 0. The molecule has 0 heterocycles. The number of benzene rings is 1. The summed E-state index contributed by atoms with van der Waals surface area (Å²) in [4.78, 5) is 2.37. The monoisotopic (exact) mass is 220 g/mol. The lowest BCUT2D eigenvalue weighted by molar-refractivity contribution is 0.194. The van der Waals surface area contributed by atoms with Gasteiger partial charge in [0.1, 0.15) is 0 Å². The molecule has 0 saturated heterocycles. The summed E-state index contributed by atoms with van der Waals surface area (Å²) in [6, 6.07) is 9.20. The summed E-state index contributed by atoms with van der Waals surface area (Å²) in [7, 11) is 2.17. The highest BCUT2D eigenvalue weighted by Gasteiger charge is 2.15. The molecule has 2 atom stereocenters. The average molecular weight is 220 g/mol. The van der Waals surface area contributed by atoms with Gasteiger partial charge in [-0.1, -0.05) is 36.8 Å². The van der Waals surface area contributed by atoms with E-state index < -0.39 is 0 Å². The molecule has 0 amide bonds. The summed E-state index contributed by atoms with van der Waals surface area (Å²) in [5.41, 5.74) is 8.40. The Hall–Kier alpha value is -0.860. The molecular weight excluding hydrogens is 196 g/mol. The Labute approximate surface area is 99.5 Å². The Morgan fingerprint density at radius 2 is 2.00 bits per heavy atom. The molecule has 2 unspecified atom stereocenters. The van der Waals surface area contributed by atoms with Crippen molar-refractivity contribution < 1.29 is 0 Å². The molecule has 90 valence electrons. The van der Waals surface area contributed by atoms with E-state index in [-0.39, 0.29) is 0 Å². The molecule has 16 heavy (non-hydrogen) atoms. The Morgan fingerprint density at radius 1 is 1.31 bits per heavy atom. The van der Waals surface area contributed by atoms with E-state index in [0.717, 1.165) is 13.1 Å². The molecule has 2 N–H and O–H groups in total. The Morgan fingerprint density at radius 3 is 2.56 bits per heavy atom. The van der Waals surface area contributed by atoms with Gasteiger partial charge in [0.05, 0.1) is 0 Å². The third kappa shape index (κ3) is 3.62. The molecule has 1 aromatic rings. The molecule has 1 rings (SSSR count). The fourth-order valence-electron chi connectivity index (χ4n) is 1.87. The molecule has 0 aliphatic carbocycles. The first kappa shape index (κ1) is 13.2. The third-order valence-electron chi connectivity index (χ3n) is 3.41. The van der Waals surface area contributed by atoms with Gasteiger partial charge in [-0.3, -0.25) is 4.90 Å². The molecule has 0 bridgehead atoms. The molecule has 0 spiro atoms. The van der Waals surface area contributed by atoms with Crippen LogP contribution in [-0.4, -0.2) is 24.5 Å². The molecule has 0 radical (unpaired) electrons. The van der Waals surface area contributed by atoms with Gasteiger partial charge in [0.15, 0.2) is 0 Å². The molecule has 0 aromatic heterocycles. The zero-order valence-corrected chi connectivity index (χ0v) is 10.9. The van der Waals surface area contributed by atoms with Crippen LogP contribution in [0.15, 0.2) is 24.3 Å². The van der Waals surface area contributed by atoms with Gasteiger partial charge in [0.2, 0.25) is 0 Å². The topological polar surface area (TPSA) is 29.3 Å². The smallest absolute Gasteiger partial charge is 0.0233 e. The van der Waals surface area contributed by atoms with Gasteiger partial charge in [-0.15, -0.1) is 0 Å². The highest BCUT2D eigenvalue weighted by Crippen LogP contribution is 2.12. The molecular formula is C14H24N2. The van der Waals surface area contributed by atoms with Crippen molar-refractivity contribution in [1.82, 2.24) is 4.90 Å². The van der Waals surface area contributed by atoms with Crippen LogP contribution >= 0.6 is 0 Å². The SMILES string of the molecule is Cc1cccc(CN(C)C(C)C(C)CN)c1. The lowest BCUT2D eigenvalue weighted by Gasteiger charge is -2.29. The first-order valence-electron chi connectivity index (χ1n) is 6.00. The zero-order chi connectivity index (χ0) is 12.1. The number of nitrogens with zero attached hydrogens (tertiary/aromatic N) is 1. The normalized spacial score (nSPS) is 15.1. The first-order chi connectivity index (χ1) is 7.54. The maximum atomic E-state index is 5.70. The summed E-state index contributed by atoms with van der Waals surface area (Å²) in [5, 5.41) is 0. The number of nitrogens with two attached hydrogens (primary N) is 1. The fraction of sp³-hybridized carbons (Fsp3) is 0.571. The fourth-order valence-corrected chi connectivity index (χ4v) is 1.87. The second kappa shape index (κ2) is 6.02. The van der Waals surface area contributed by atoms with Gasteiger partial charge in [-0.05, 0) is 38.9 Å². The summed E-state index contributed by atoms with van der Waals surface area (Å²) in [6.45, 7) is 8.33. The summed E-state index contributed by atoms with van der Waals surface area (Å²) >= 11 is 0. The van der Waals surface area contributed by atoms with Gasteiger partial charge < -0.3 is 5.73 Å². The van der Waals surface area contributed by atoms with Crippen molar-refractivity contribution in [2.75, 3.05) is 13.6 Å². The number of hydrogen-bond donors (Lipinski definition) is 1. The Balaban J connectivity index is 2.60. The van der Waals surface area contributed by atoms with Crippen LogP contribution in [0.25, 0.3) is 0 Å². The van der Waals surface area contributed by atoms with Gasteiger partial charge in [0.25, 0.3) is 0 Å². The van der Waals surface area contributed by atoms with Crippen molar-refractivity contribution >= 4 is 0 Å². The van der Waals surface area contributed by atoms with Crippen molar-refractivity contribution in [3.63, 3.8) is 0 Å². The number of aryl methyl sites for hydroxylation is 1. The predicted octanol–water partition coefficient (Wildman–Crippen LogP) is 2.41. The van der Waals surface area contributed by atoms with E-state index in [4.69, 9.17) is 5.73 Å². The van der Waals surface area contributed by atoms with Crippen molar-refractivity contribution in [3.05, 3.63) is 35.4 Å². The Kier molecular flexibility index (Phi) is 4.97. The molecule has 0 aliphatic heterocycles. The summed E-state index contributed by atoms with van der Waals surface area (Å²) in [5.74, 6) is 0.537. The van der Waals surface area contributed by atoms with E-state index in [1.165, 1.54) is 11.1 Å². The van der Waals surface area contributed by atoms with E-state index in [9.17, 15) is 0 Å². The number of rotatable bonds is 5. The van der Waals surface area contributed by atoms with Crippen LogP contribution in [0.3, 0.4) is 0 Å². The largest absolute Gasteiger partial charge is 0.330 e. The van der Waals surface area contributed by atoms with E-state index in [1.54, 1.807) is 0 Å². The lowest BCUT2D eigenvalue weighted by atomic mass is 10.0. The van der Waals surface area contributed by atoms with Crippen LogP contribution < -0.4 is 5.73 Å². The van der Waals surface area contributed by atoms with Crippen LogP contribution in [0.4, 0.5) is 0 Å². The standard InChI is InChI=1S/C14H24N2/c1-11-6-5-7-14(8-11)10-16(4)13(3)12(2)9-15/h5-8,12-13H,9-10,15H2,1-4H3. The van der Waals surface area contributed by atoms with Gasteiger partial charge in [0, 0.05) is 12.6 Å². The summed E-state index contributed by atoms with van der Waals surface area (Å²) < 4.78 is 0. The predicted molar refractivity (Wildman–Crippen MR) is 70.3 cm³/mol. The maximum Gasteiger partial charge on any atom is 0.0233 e. The molecule has 2 heteroatoms. The van der Waals surface area contributed by atoms with Crippen LogP contribution in [0.2, 0.25) is 0 Å². The van der Waals surface area contributed by atoms with E-state index in [1.807, 2.05) is 0 Å². The highest BCUT2D eigenvalue weighted by molar-refractivity contribution is 5.22.